The average Bonchev–Trinajstić information content (AvgIpc) is 2.91. The van der Waals surface area contributed by atoms with Crippen LogP contribution in [0.25, 0.3) is 5.57 Å². The van der Waals surface area contributed by atoms with Gasteiger partial charge in [0.25, 0.3) is 0 Å². The van der Waals surface area contributed by atoms with Gasteiger partial charge >= 0.3 is 0 Å². The van der Waals surface area contributed by atoms with Crippen molar-refractivity contribution in [1.82, 2.24) is 0 Å². The molecule has 0 amide bonds. The Bertz CT molecular complexity index is 497. The maximum atomic E-state index is 10.3. The van der Waals surface area contributed by atoms with E-state index in [1.165, 1.54) is 5.56 Å². The van der Waals surface area contributed by atoms with Crippen LogP contribution in [0.2, 0.25) is 0 Å². The third kappa shape index (κ3) is 2.65. The number of thiophene rings is 1. The molecule has 2 rings (SSSR count). The third-order valence-corrected chi connectivity index (χ3v) is 3.95. The standard InChI is InChI=1S/C15H16OS/c1-11(13-7-4-3-5-8-13)12(2)15(16)14-9-6-10-17-14/h3-10,15-16H,1-2H3/b12-11+/t15-/m1/s1. The predicted octanol–water partition coefficient (Wildman–Crippen LogP) is 4.28. The zero-order valence-corrected chi connectivity index (χ0v) is 10.9. The smallest absolute Gasteiger partial charge is 0.110 e. The van der Waals surface area contributed by atoms with Crippen LogP contribution in [-0.4, -0.2) is 5.11 Å². The molecule has 1 heterocycles. The molecule has 17 heavy (non-hydrogen) atoms. The first-order valence-electron chi connectivity index (χ1n) is 5.64. The molecule has 0 saturated carbocycles. The summed E-state index contributed by atoms with van der Waals surface area (Å²) in [6, 6.07) is 14.1. The van der Waals surface area contributed by atoms with Crippen LogP contribution in [0.1, 0.15) is 30.4 Å². The summed E-state index contributed by atoms with van der Waals surface area (Å²) < 4.78 is 0. The van der Waals surface area contributed by atoms with Crippen molar-refractivity contribution in [2.24, 2.45) is 0 Å². The number of benzene rings is 1. The number of rotatable bonds is 3. The summed E-state index contributed by atoms with van der Waals surface area (Å²) in [5.74, 6) is 0. The van der Waals surface area contributed by atoms with Crippen LogP contribution in [0, 0.1) is 0 Å². The molecule has 1 aromatic heterocycles. The van der Waals surface area contributed by atoms with Gasteiger partial charge in [-0.15, -0.1) is 11.3 Å². The van der Waals surface area contributed by atoms with Crippen LogP contribution in [0.5, 0.6) is 0 Å². The van der Waals surface area contributed by atoms with Crippen molar-refractivity contribution in [3.8, 4) is 0 Å². The van der Waals surface area contributed by atoms with E-state index in [2.05, 4.69) is 19.1 Å². The van der Waals surface area contributed by atoms with Crippen LogP contribution in [0.15, 0.2) is 53.4 Å². The maximum Gasteiger partial charge on any atom is 0.110 e. The van der Waals surface area contributed by atoms with Crippen molar-refractivity contribution < 1.29 is 5.11 Å². The molecule has 1 nitrogen and oxygen atoms in total. The predicted molar refractivity (Wildman–Crippen MR) is 74.0 cm³/mol. The molecule has 88 valence electrons. The molecule has 1 aromatic carbocycles. The first kappa shape index (κ1) is 12.1. The van der Waals surface area contributed by atoms with Crippen molar-refractivity contribution in [3.05, 3.63) is 63.9 Å². The monoisotopic (exact) mass is 244 g/mol. The van der Waals surface area contributed by atoms with E-state index in [0.717, 1.165) is 16.0 Å². The van der Waals surface area contributed by atoms with Crippen molar-refractivity contribution in [2.45, 2.75) is 20.0 Å². The van der Waals surface area contributed by atoms with Gasteiger partial charge < -0.3 is 5.11 Å². The Labute approximate surface area is 106 Å². The Morgan fingerprint density at radius 1 is 1.06 bits per heavy atom. The van der Waals surface area contributed by atoms with Gasteiger partial charge in [-0.3, -0.25) is 0 Å². The fourth-order valence-corrected chi connectivity index (χ4v) is 2.56. The van der Waals surface area contributed by atoms with Gasteiger partial charge in [-0.2, -0.15) is 0 Å². The van der Waals surface area contributed by atoms with Crippen LogP contribution >= 0.6 is 11.3 Å². The Morgan fingerprint density at radius 3 is 2.35 bits per heavy atom. The number of hydrogen-bond acceptors (Lipinski definition) is 2. The number of aliphatic hydroxyl groups is 1. The van der Waals surface area contributed by atoms with E-state index in [4.69, 9.17) is 0 Å². The van der Waals surface area contributed by atoms with Crippen molar-refractivity contribution in [2.75, 3.05) is 0 Å². The van der Waals surface area contributed by atoms with Crippen LogP contribution in [0.3, 0.4) is 0 Å². The first-order chi connectivity index (χ1) is 8.20. The molecule has 1 N–H and O–H groups in total. The first-order valence-corrected chi connectivity index (χ1v) is 6.52. The molecule has 2 heteroatoms. The van der Waals surface area contributed by atoms with E-state index in [9.17, 15) is 5.11 Å². The minimum Gasteiger partial charge on any atom is -0.383 e. The Kier molecular flexibility index (Phi) is 3.77. The minimum atomic E-state index is -0.491. The fraction of sp³-hybridized carbons (Fsp3) is 0.200. The number of allylic oxidation sites excluding steroid dienone is 1. The van der Waals surface area contributed by atoms with E-state index < -0.39 is 6.10 Å². The normalized spacial score (nSPS) is 14.3. The van der Waals surface area contributed by atoms with Gasteiger partial charge in [0, 0.05) is 4.88 Å². The largest absolute Gasteiger partial charge is 0.383 e. The summed E-state index contributed by atoms with van der Waals surface area (Å²) in [5, 5.41) is 12.3. The van der Waals surface area contributed by atoms with Gasteiger partial charge in [0.2, 0.25) is 0 Å². The second-order valence-corrected chi connectivity index (χ2v) is 5.07. The topological polar surface area (TPSA) is 20.2 Å². The minimum absolute atomic E-state index is 0.491. The molecule has 0 aliphatic carbocycles. The maximum absolute atomic E-state index is 10.3. The highest BCUT2D eigenvalue weighted by Gasteiger charge is 2.13. The highest BCUT2D eigenvalue weighted by molar-refractivity contribution is 7.10. The van der Waals surface area contributed by atoms with E-state index in [1.807, 2.05) is 42.6 Å². The van der Waals surface area contributed by atoms with Gasteiger partial charge in [-0.25, -0.2) is 0 Å². The molecule has 0 saturated heterocycles. The van der Waals surface area contributed by atoms with Gasteiger partial charge in [0.05, 0.1) is 0 Å². The summed E-state index contributed by atoms with van der Waals surface area (Å²) in [6.07, 6.45) is -0.491. The van der Waals surface area contributed by atoms with Gasteiger partial charge in [0.1, 0.15) is 6.10 Å². The zero-order valence-electron chi connectivity index (χ0n) is 10.1. The van der Waals surface area contributed by atoms with Crippen molar-refractivity contribution >= 4 is 16.9 Å². The second kappa shape index (κ2) is 5.30. The molecule has 0 aliphatic rings. The van der Waals surface area contributed by atoms with Gasteiger partial charge in [0.15, 0.2) is 0 Å². The Hall–Kier alpha value is -1.38. The van der Waals surface area contributed by atoms with Crippen LogP contribution < -0.4 is 0 Å². The zero-order chi connectivity index (χ0) is 12.3. The molecule has 0 spiro atoms. The lowest BCUT2D eigenvalue weighted by Crippen LogP contribution is -1.98. The SMILES string of the molecule is C/C(=C(/C)[C@@H](O)c1cccs1)c1ccccc1. The van der Waals surface area contributed by atoms with Gasteiger partial charge in [-0.1, -0.05) is 36.4 Å². The molecule has 1 atom stereocenters. The molecule has 0 aliphatic heterocycles. The molecule has 0 bridgehead atoms. The third-order valence-electron chi connectivity index (χ3n) is 3.02. The summed E-state index contributed by atoms with van der Waals surface area (Å²) >= 11 is 1.59. The average molecular weight is 244 g/mol. The van der Waals surface area contributed by atoms with Crippen LogP contribution in [-0.2, 0) is 0 Å². The lowest BCUT2D eigenvalue weighted by atomic mass is 9.98. The highest BCUT2D eigenvalue weighted by atomic mass is 32.1. The summed E-state index contributed by atoms with van der Waals surface area (Å²) in [4.78, 5) is 0.998. The van der Waals surface area contributed by atoms with E-state index in [-0.39, 0.29) is 0 Å². The molecule has 0 fully saturated rings. The molecule has 0 unspecified atom stereocenters. The Balaban J connectivity index is 2.32. The van der Waals surface area contributed by atoms with Gasteiger partial charge in [-0.05, 0) is 42.0 Å². The second-order valence-electron chi connectivity index (χ2n) is 4.09. The lowest BCUT2D eigenvalue weighted by molar-refractivity contribution is 0.220. The summed E-state index contributed by atoms with van der Waals surface area (Å²) in [6.45, 7) is 4.05. The van der Waals surface area contributed by atoms with Crippen molar-refractivity contribution in [1.29, 1.82) is 0 Å². The molecular weight excluding hydrogens is 228 g/mol. The van der Waals surface area contributed by atoms with Crippen LogP contribution in [0.4, 0.5) is 0 Å². The van der Waals surface area contributed by atoms with E-state index >= 15 is 0 Å². The van der Waals surface area contributed by atoms with Crippen molar-refractivity contribution in [3.63, 3.8) is 0 Å². The summed E-state index contributed by atoms with van der Waals surface area (Å²) in [7, 11) is 0. The number of hydrogen-bond donors (Lipinski definition) is 1. The quantitative estimate of drug-likeness (QED) is 0.854. The Morgan fingerprint density at radius 2 is 1.76 bits per heavy atom. The number of aliphatic hydroxyl groups excluding tert-OH is 1. The van der Waals surface area contributed by atoms with E-state index in [1.54, 1.807) is 11.3 Å². The van der Waals surface area contributed by atoms with E-state index in [0.29, 0.717) is 0 Å². The lowest BCUT2D eigenvalue weighted by Gasteiger charge is -2.13. The summed E-state index contributed by atoms with van der Waals surface area (Å²) in [5.41, 5.74) is 3.32. The molecule has 2 aromatic rings. The molecule has 0 radical (unpaired) electrons. The molecular formula is C15H16OS. The fourth-order valence-electron chi connectivity index (χ4n) is 1.78. The highest BCUT2D eigenvalue weighted by Crippen LogP contribution is 2.30.